The maximum absolute atomic E-state index is 11.0. The van der Waals surface area contributed by atoms with Crippen LogP contribution in [0, 0.1) is 11.8 Å². The minimum atomic E-state index is -0.750. The minimum Gasteiger partial charge on any atom is -0.508 e. The van der Waals surface area contributed by atoms with Crippen molar-refractivity contribution >= 4 is 17.6 Å². The molecule has 2 N–H and O–H groups in total. The molecule has 1 saturated heterocycles. The Bertz CT molecular complexity index is 464. The molecule has 18 heavy (non-hydrogen) atoms. The van der Waals surface area contributed by atoms with Gasteiger partial charge in [-0.15, -0.1) is 0 Å². The maximum atomic E-state index is 11.0. The predicted molar refractivity (Wildman–Crippen MR) is 68.7 cm³/mol. The molecule has 2 unspecified atom stereocenters. The highest BCUT2D eigenvalue weighted by molar-refractivity contribution is 6.30. The summed E-state index contributed by atoms with van der Waals surface area (Å²) in [5.74, 6) is -0.749. The van der Waals surface area contributed by atoms with Gasteiger partial charge in [0.2, 0.25) is 0 Å². The van der Waals surface area contributed by atoms with E-state index in [1.54, 1.807) is 18.2 Å². The molecule has 1 fully saturated rings. The van der Waals surface area contributed by atoms with Gasteiger partial charge in [-0.3, -0.25) is 9.69 Å². The largest absolute Gasteiger partial charge is 0.508 e. The van der Waals surface area contributed by atoms with E-state index < -0.39 is 5.97 Å². The molecule has 1 aliphatic heterocycles. The maximum Gasteiger partial charge on any atom is 0.308 e. The second kappa shape index (κ2) is 5.16. The van der Waals surface area contributed by atoms with E-state index in [4.69, 9.17) is 16.7 Å². The molecule has 98 valence electrons. The molecule has 1 aromatic rings. The number of hydrogen-bond acceptors (Lipinski definition) is 3. The highest BCUT2D eigenvalue weighted by Gasteiger charge is 2.34. The summed E-state index contributed by atoms with van der Waals surface area (Å²) >= 11 is 5.89. The molecule has 5 heteroatoms. The van der Waals surface area contributed by atoms with Crippen molar-refractivity contribution in [2.75, 3.05) is 13.1 Å². The number of phenolic OH excluding ortho intramolecular Hbond substituents is 1. The van der Waals surface area contributed by atoms with E-state index in [9.17, 15) is 9.90 Å². The van der Waals surface area contributed by atoms with E-state index in [1.165, 1.54) is 0 Å². The van der Waals surface area contributed by atoms with E-state index in [0.717, 1.165) is 12.1 Å². The van der Waals surface area contributed by atoms with Crippen LogP contribution in [0.4, 0.5) is 0 Å². The highest BCUT2D eigenvalue weighted by Crippen LogP contribution is 2.28. The van der Waals surface area contributed by atoms with Gasteiger partial charge in [-0.05, 0) is 24.1 Å². The number of carboxylic acids is 1. The summed E-state index contributed by atoms with van der Waals surface area (Å²) in [5.41, 5.74) is 0.737. The molecule has 0 radical (unpaired) electrons. The number of benzene rings is 1. The number of nitrogens with zero attached hydrogens (tertiary/aromatic N) is 1. The van der Waals surface area contributed by atoms with Gasteiger partial charge in [0.05, 0.1) is 5.92 Å². The van der Waals surface area contributed by atoms with Gasteiger partial charge in [0.15, 0.2) is 0 Å². The standard InChI is InChI=1S/C13H16ClNO3/c1-8-5-15(7-11(8)13(17)18)6-9-4-10(14)2-3-12(9)16/h2-4,8,11,16H,5-7H2,1H3,(H,17,18). The average molecular weight is 270 g/mol. The first-order chi connectivity index (χ1) is 8.47. The normalized spacial score (nSPS) is 24.3. The van der Waals surface area contributed by atoms with Gasteiger partial charge < -0.3 is 10.2 Å². The van der Waals surface area contributed by atoms with Crippen molar-refractivity contribution in [1.29, 1.82) is 0 Å². The zero-order valence-corrected chi connectivity index (χ0v) is 10.9. The van der Waals surface area contributed by atoms with Crippen LogP contribution < -0.4 is 0 Å². The van der Waals surface area contributed by atoms with Gasteiger partial charge in [-0.25, -0.2) is 0 Å². The fraction of sp³-hybridized carbons (Fsp3) is 0.462. The third-order valence-electron chi connectivity index (χ3n) is 3.44. The molecule has 2 atom stereocenters. The second-order valence-electron chi connectivity index (χ2n) is 4.89. The van der Waals surface area contributed by atoms with Crippen LogP contribution in [0.2, 0.25) is 5.02 Å². The summed E-state index contributed by atoms with van der Waals surface area (Å²) in [4.78, 5) is 13.1. The Morgan fingerprint density at radius 1 is 1.50 bits per heavy atom. The van der Waals surface area contributed by atoms with Gasteiger partial charge in [0.25, 0.3) is 0 Å². The molecule has 0 saturated carbocycles. The van der Waals surface area contributed by atoms with E-state index in [2.05, 4.69) is 0 Å². The van der Waals surface area contributed by atoms with Gasteiger partial charge >= 0.3 is 5.97 Å². The lowest BCUT2D eigenvalue weighted by Crippen LogP contribution is -2.23. The zero-order chi connectivity index (χ0) is 13.3. The lowest BCUT2D eigenvalue weighted by molar-refractivity contribution is -0.142. The molecule has 1 aromatic carbocycles. The van der Waals surface area contributed by atoms with E-state index in [1.807, 2.05) is 11.8 Å². The number of aromatic hydroxyl groups is 1. The summed E-state index contributed by atoms with van der Waals surface area (Å²) in [7, 11) is 0. The topological polar surface area (TPSA) is 60.8 Å². The van der Waals surface area contributed by atoms with Crippen LogP contribution >= 0.6 is 11.6 Å². The average Bonchev–Trinajstić information content (AvgIpc) is 2.65. The van der Waals surface area contributed by atoms with Crippen LogP contribution in [0.15, 0.2) is 18.2 Å². The Morgan fingerprint density at radius 3 is 2.83 bits per heavy atom. The Balaban J connectivity index is 2.07. The van der Waals surface area contributed by atoms with Gasteiger partial charge in [0, 0.05) is 30.2 Å². The van der Waals surface area contributed by atoms with Crippen LogP contribution in [0.3, 0.4) is 0 Å². The summed E-state index contributed by atoms with van der Waals surface area (Å²) < 4.78 is 0. The van der Waals surface area contributed by atoms with Crippen LogP contribution in [0.1, 0.15) is 12.5 Å². The lowest BCUT2D eigenvalue weighted by Gasteiger charge is -2.16. The molecule has 0 aliphatic carbocycles. The van der Waals surface area contributed by atoms with Crippen molar-refractivity contribution in [2.45, 2.75) is 13.5 Å². The number of phenols is 1. The molecule has 1 heterocycles. The number of aliphatic carboxylic acids is 1. The van der Waals surface area contributed by atoms with E-state index >= 15 is 0 Å². The number of carbonyl (C=O) groups is 1. The van der Waals surface area contributed by atoms with E-state index in [-0.39, 0.29) is 17.6 Å². The van der Waals surface area contributed by atoms with Crippen LogP contribution in [0.25, 0.3) is 0 Å². The Labute approximate surface area is 111 Å². The summed E-state index contributed by atoms with van der Waals surface area (Å²) in [6, 6.07) is 4.91. The quantitative estimate of drug-likeness (QED) is 0.883. The fourth-order valence-electron chi connectivity index (χ4n) is 2.44. The van der Waals surface area contributed by atoms with Crippen molar-refractivity contribution in [3.8, 4) is 5.75 Å². The lowest BCUT2D eigenvalue weighted by atomic mass is 9.99. The van der Waals surface area contributed by atoms with Crippen molar-refractivity contribution < 1.29 is 15.0 Å². The molecule has 0 aromatic heterocycles. The van der Waals surface area contributed by atoms with Crippen molar-refractivity contribution in [3.05, 3.63) is 28.8 Å². The number of rotatable bonds is 3. The SMILES string of the molecule is CC1CN(Cc2cc(Cl)ccc2O)CC1C(=O)O. The van der Waals surface area contributed by atoms with Crippen LogP contribution in [-0.4, -0.2) is 34.2 Å². The molecular formula is C13H16ClNO3. The highest BCUT2D eigenvalue weighted by atomic mass is 35.5. The van der Waals surface area contributed by atoms with Crippen molar-refractivity contribution in [1.82, 2.24) is 4.90 Å². The van der Waals surface area contributed by atoms with Gasteiger partial charge in [-0.2, -0.15) is 0 Å². The Hall–Kier alpha value is -1.26. The smallest absolute Gasteiger partial charge is 0.308 e. The molecule has 2 rings (SSSR count). The second-order valence-corrected chi connectivity index (χ2v) is 5.33. The fourth-order valence-corrected chi connectivity index (χ4v) is 2.63. The Kier molecular flexibility index (Phi) is 3.78. The first kappa shape index (κ1) is 13.2. The monoisotopic (exact) mass is 269 g/mol. The molecule has 0 amide bonds. The third kappa shape index (κ3) is 2.76. The Morgan fingerprint density at radius 2 is 2.22 bits per heavy atom. The number of likely N-dealkylation sites (tertiary alicyclic amines) is 1. The molecule has 0 bridgehead atoms. The number of hydrogen-bond donors (Lipinski definition) is 2. The number of carboxylic acid groups (broad SMARTS) is 1. The molecule has 0 spiro atoms. The predicted octanol–water partition coefficient (Wildman–Crippen LogP) is 2.20. The number of halogens is 1. The van der Waals surface area contributed by atoms with Crippen molar-refractivity contribution in [3.63, 3.8) is 0 Å². The van der Waals surface area contributed by atoms with Gasteiger partial charge in [-0.1, -0.05) is 18.5 Å². The van der Waals surface area contributed by atoms with Gasteiger partial charge in [0.1, 0.15) is 5.75 Å². The summed E-state index contributed by atoms with van der Waals surface area (Å²) in [6.07, 6.45) is 0. The summed E-state index contributed by atoms with van der Waals surface area (Å²) in [5, 5.41) is 19.4. The minimum absolute atomic E-state index is 0.129. The molecule has 4 nitrogen and oxygen atoms in total. The third-order valence-corrected chi connectivity index (χ3v) is 3.68. The van der Waals surface area contributed by atoms with Crippen LogP contribution in [0.5, 0.6) is 5.75 Å². The van der Waals surface area contributed by atoms with Crippen molar-refractivity contribution in [2.24, 2.45) is 11.8 Å². The summed E-state index contributed by atoms with van der Waals surface area (Å²) in [6.45, 7) is 3.71. The van der Waals surface area contributed by atoms with E-state index in [0.29, 0.717) is 18.1 Å². The first-order valence-electron chi connectivity index (χ1n) is 5.90. The zero-order valence-electron chi connectivity index (χ0n) is 10.1. The van der Waals surface area contributed by atoms with Crippen LogP contribution in [-0.2, 0) is 11.3 Å². The molecular weight excluding hydrogens is 254 g/mol. The first-order valence-corrected chi connectivity index (χ1v) is 6.27. The molecule has 1 aliphatic rings.